The lowest BCUT2D eigenvalue weighted by molar-refractivity contribution is -0.138. The molecule has 2 aliphatic rings. The van der Waals surface area contributed by atoms with Gasteiger partial charge in [-0.3, -0.25) is 10.2 Å². The average Bonchev–Trinajstić information content (AvgIpc) is 1.53. The Morgan fingerprint density at radius 2 is 1.08 bits per heavy atom. The molecule has 11 aromatic rings. The molecule has 1 amide bonds. The van der Waals surface area contributed by atoms with E-state index in [2.05, 4.69) is 180 Å². The minimum atomic E-state index is -4.35. The Morgan fingerprint density at radius 1 is 0.550 bits per heavy atom. The number of aromatic nitrogens is 1. The number of esters is 1. The Labute approximate surface area is 725 Å². The Bertz CT molecular complexity index is 4910. The van der Waals surface area contributed by atoms with Gasteiger partial charge in [-0.05, 0) is 246 Å². The first-order valence-electron chi connectivity index (χ1n) is 42.5. The predicted octanol–water partition coefficient (Wildman–Crippen LogP) is 31.2. The number of aryl methyl sites for hydroxylation is 1. The Kier molecular flexibility index (Phi) is 39.4. The molecule has 120 heavy (non-hydrogen) atoms. The third-order valence-corrected chi connectivity index (χ3v) is 22.7. The van der Waals surface area contributed by atoms with Gasteiger partial charge in [0.2, 0.25) is 5.91 Å². The summed E-state index contributed by atoms with van der Waals surface area (Å²) in [6.07, 6.45) is 10.9. The number of para-hydroxylation sites is 6. The van der Waals surface area contributed by atoms with Crippen LogP contribution in [0.25, 0.3) is 0 Å². The second-order valence-corrected chi connectivity index (χ2v) is 33.6. The van der Waals surface area contributed by atoms with Crippen LogP contribution < -0.4 is 31.1 Å². The van der Waals surface area contributed by atoms with Crippen LogP contribution in [0.15, 0.2) is 255 Å². The molecule has 2 aliphatic carbocycles. The van der Waals surface area contributed by atoms with Gasteiger partial charge in [-0.1, -0.05) is 310 Å². The molecule has 1 fully saturated rings. The van der Waals surface area contributed by atoms with E-state index in [4.69, 9.17) is 27.9 Å². The first-order chi connectivity index (χ1) is 57.1. The Hall–Kier alpha value is -10.3. The van der Waals surface area contributed by atoms with E-state index in [1.54, 1.807) is 46.6 Å². The lowest BCUT2D eigenvalue weighted by Crippen LogP contribution is -2.42. The molecule has 2 unspecified atom stereocenters. The lowest BCUT2D eigenvalue weighted by Gasteiger charge is -2.30. The van der Waals surface area contributed by atoms with Crippen LogP contribution in [0.4, 0.5) is 53.1 Å². The number of pyridine rings is 1. The highest BCUT2D eigenvalue weighted by molar-refractivity contribution is 6.32. The van der Waals surface area contributed by atoms with E-state index in [0.29, 0.717) is 35.0 Å². The van der Waals surface area contributed by atoms with Crippen LogP contribution in [-0.2, 0) is 23.8 Å². The van der Waals surface area contributed by atoms with Gasteiger partial charge in [0.1, 0.15) is 22.9 Å². The highest BCUT2D eigenvalue weighted by Gasteiger charge is 2.34. The number of aromatic hydroxyl groups is 1. The van der Waals surface area contributed by atoms with Crippen molar-refractivity contribution in [3.05, 3.63) is 332 Å². The third kappa shape index (κ3) is 29.0. The highest BCUT2D eigenvalue weighted by atomic mass is 35.5. The van der Waals surface area contributed by atoms with Gasteiger partial charge < -0.3 is 25.8 Å². The Morgan fingerprint density at radius 3 is 1.68 bits per heavy atom. The summed E-state index contributed by atoms with van der Waals surface area (Å²) in [5, 5.41) is 23.2. The number of hydrogen-bond donors (Lipinski definition) is 5. The number of carbonyl (C=O) groups is 2. The maximum atomic E-state index is 13.3. The number of ether oxygens (including phenoxy) is 1. The molecule has 0 aliphatic heterocycles. The van der Waals surface area contributed by atoms with Gasteiger partial charge in [0.05, 0.1) is 16.9 Å². The predicted molar refractivity (Wildman–Crippen MR) is 502 cm³/mol. The van der Waals surface area contributed by atoms with Crippen molar-refractivity contribution in [1.29, 1.82) is 0 Å². The molecule has 10 aromatic carbocycles. The van der Waals surface area contributed by atoms with Gasteiger partial charge in [0.15, 0.2) is 0 Å². The molecule has 1 saturated carbocycles. The van der Waals surface area contributed by atoms with Crippen LogP contribution in [0.3, 0.4) is 0 Å². The van der Waals surface area contributed by atoms with Crippen LogP contribution >= 0.6 is 23.2 Å². The van der Waals surface area contributed by atoms with Crippen molar-refractivity contribution < 1.29 is 32.6 Å². The fraction of sp³-hybridized carbons (Fsp3) is 0.362. The number of fused-ring (bicyclic) bond motifs is 1. The van der Waals surface area contributed by atoms with E-state index in [1.165, 1.54) is 98.0 Å². The molecule has 13 rings (SSSR count). The largest absolute Gasteiger partial charge is 0.507 e. The number of amides is 1. The van der Waals surface area contributed by atoms with Crippen molar-refractivity contribution in [3.63, 3.8) is 0 Å². The van der Waals surface area contributed by atoms with Gasteiger partial charge in [-0.15, -0.1) is 0 Å². The molecule has 638 valence electrons. The zero-order valence-electron chi connectivity index (χ0n) is 72.4. The molecular weight excluding hydrogens is 1540 g/mol. The Balaban J connectivity index is 0.000000199. The summed E-state index contributed by atoms with van der Waals surface area (Å²) >= 11 is 12.8. The second-order valence-electron chi connectivity index (χ2n) is 32.8. The number of phenols is 1. The van der Waals surface area contributed by atoms with Gasteiger partial charge >= 0.3 is 12.1 Å². The van der Waals surface area contributed by atoms with Gasteiger partial charge in [-0.25, -0.2) is 14.8 Å². The molecular formula is C105H129Cl2F3N6O4. The summed E-state index contributed by atoms with van der Waals surface area (Å²) in [6.45, 7) is 32.5. The SMILES string of the molecule is C.CC(C)C1CCc2cc(C3CCCCC3)c(Cl)cc21.CC(C)c1ccccc1NCCc1ccccc1.CC(C)c1ccccc1OC(=O)c1ccccc1O.CCCCC(C(=O)N(Nc1ccccc1)c1ccccc1)C(C)C.Cc1c(Cl)cccc1Nc1ccccc1C(C)C.Cc1c(Nc2ncccc2C(C)C)cccc1C(F)(F)F. The number of alkyl halides is 3. The number of halogens is 5. The number of unbranched alkanes of at least 4 members (excludes halogenated alkanes) is 1. The van der Waals surface area contributed by atoms with Gasteiger partial charge in [-0.2, -0.15) is 13.2 Å². The maximum absolute atomic E-state index is 13.3. The number of hydrazine groups is 1. The van der Waals surface area contributed by atoms with E-state index in [1.807, 2.05) is 144 Å². The normalized spacial score (nSPS) is 13.1. The van der Waals surface area contributed by atoms with Crippen molar-refractivity contribution in [2.24, 2.45) is 17.8 Å². The summed E-state index contributed by atoms with van der Waals surface area (Å²) in [7, 11) is 0. The van der Waals surface area contributed by atoms with Crippen LogP contribution in [-0.4, -0.2) is 28.5 Å². The van der Waals surface area contributed by atoms with E-state index < -0.39 is 17.7 Å². The summed E-state index contributed by atoms with van der Waals surface area (Å²) in [6, 6.07) is 79.5. The van der Waals surface area contributed by atoms with E-state index in [9.17, 15) is 27.9 Å². The highest BCUT2D eigenvalue weighted by Crippen LogP contribution is 2.45. The van der Waals surface area contributed by atoms with Crippen LogP contribution in [0.1, 0.15) is 262 Å². The smallest absolute Gasteiger partial charge is 0.416 e. The molecule has 5 N–H and O–H groups in total. The van der Waals surface area contributed by atoms with Crippen molar-refractivity contribution >= 4 is 75.0 Å². The van der Waals surface area contributed by atoms with Crippen LogP contribution in [0.5, 0.6) is 11.5 Å². The molecule has 15 heteroatoms. The van der Waals surface area contributed by atoms with Gasteiger partial charge in [0, 0.05) is 51.5 Å². The van der Waals surface area contributed by atoms with Crippen LogP contribution in [0, 0.1) is 31.6 Å². The summed E-state index contributed by atoms with van der Waals surface area (Å²) < 4.78 is 44.2. The molecule has 0 spiro atoms. The number of nitrogens with one attached hydrogen (secondary N) is 4. The number of nitrogens with zero attached hydrogens (tertiary/aromatic N) is 2. The second kappa shape index (κ2) is 48.8. The van der Waals surface area contributed by atoms with Crippen molar-refractivity contribution in [1.82, 2.24) is 4.98 Å². The first-order valence-corrected chi connectivity index (χ1v) is 43.3. The molecule has 10 nitrogen and oxygen atoms in total. The lowest BCUT2D eigenvalue weighted by atomic mass is 9.82. The fourth-order valence-electron chi connectivity index (χ4n) is 15.1. The first kappa shape index (κ1) is 96.8. The summed E-state index contributed by atoms with van der Waals surface area (Å²) in [4.78, 5) is 29.5. The van der Waals surface area contributed by atoms with Crippen molar-refractivity contribution in [3.8, 4) is 11.5 Å². The maximum Gasteiger partial charge on any atom is 0.416 e. The molecule has 1 aromatic heterocycles. The average molecular weight is 1670 g/mol. The third-order valence-electron chi connectivity index (χ3n) is 22.0. The zero-order chi connectivity index (χ0) is 86.1. The fourth-order valence-corrected chi connectivity index (χ4v) is 15.6. The number of anilines is 7. The number of hydrogen-bond acceptors (Lipinski definition) is 9. The monoisotopic (exact) mass is 1660 g/mol. The van der Waals surface area contributed by atoms with Crippen molar-refractivity contribution in [2.75, 3.05) is 32.9 Å². The minimum Gasteiger partial charge on any atom is -0.507 e. The van der Waals surface area contributed by atoms with Gasteiger partial charge in [0.25, 0.3) is 0 Å². The number of phenolic OH excluding ortho intramolecular Hbond substituents is 1. The molecule has 0 bridgehead atoms. The topological polar surface area (TPSA) is 128 Å². The molecule has 0 saturated heterocycles. The zero-order valence-corrected chi connectivity index (χ0v) is 73.9. The molecule has 2 atom stereocenters. The number of rotatable bonds is 24. The van der Waals surface area contributed by atoms with E-state index in [0.717, 1.165) is 106 Å². The minimum absolute atomic E-state index is 0. The van der Waals surface area contributed by atoms with Crippen LogP contribution in [0.2, 0.25) is 10.0 Å². The quantitative estimate of drug-likeness (QED) is 0.0228. The molecule has 1 heterocycles. The van der Waals surface area contributed by atoms with Crippen molar-refractivity contribution in [2.45, 2.75) is 224 Å². The van der Waals surface area contributed by atoms with E-state index in [-0.39, 0.29) is 48.0 Å². The standard InChI is InChI=1S/C21H28N2O.C18H25Cl.C17H21N.C16H18ClN.C16H17F3N2.C16H16O3.CH4/c1-4-5-16-20(17(2)3)21(24)23(19-14-10-7-11-15-19)22-18-12-8-6-9-13-18;1-12(2)15-9-8-14-10-17(18(19)11-16(14)15)13-6-4-3-5-7-13;1-14(2)16-10-6-7-11-17(16)18-13-12-15-8-4-3-5-9-15;1-11(2)13-7-4-5-9-16(13)18-15-10-6-8-14(17)12(15)3;1-10(2)12-6-5-9-20-15(12)21-14-8-4-7-13(11(14)3)16(17,18)19;1-11(2)12-7-4-6-10-15(12)19-16(18)13-8-3-5-9-14(13)17;/h6-15,17,20,22H,4-5,16H2,1-3H3;10-13,15H,3-9H2,1-2H3;3-11,14,18H,12-13H2,1-2H3;4-11,18H,1-3H3;4-10H,1-3H3,(H,20,21);3-11,17H,1-2H3;1H4. The summed E-state index contributed by atoms with van der Waals surface area (Å²) in [5.41, 5.74) is 20.4. The van der Waals surface area contributed by atoms with E-state index >= 15 is 0 Å². The molecule has 0 radical (unpaired) electrons. The number of carbonyl (C=O) groups excluding carboxylic acids is 2. The number of benzene rings is 10. The summed E-state index contributed by atoms with van der Waals surface area (Å²) in [5.74, 6) is 4.69.